The van der Waals surface area contributed by atoms with Crippen LogP contribution in [0.25, 0.3) is 0 Å². The first-order valence-corrected chi connectivity index (χ1v) is 6.13. The van der Waals surface area contributed by atoms with Crippen LogP contribution < -0.4 is 14.8 Å². The third-order valence-electron chi connectivity index (χ3n) is 2.57. The van der Waals surface area contributed by atoms with Gasteiger partial charge in [-0.1, -0.05) is 0 Å². The van der Waals surface area contributed by atoms with Crippen LogP contribution in [0.5, 0.6) is 11.5 Å². The average Bonchev–Trinajstić information content (AvgIpc) is 2.47. The molecule has 1 rings (SSSR count). The highest BCUT2D eigenvalue weighted by Crippen LogP contribution is 2.28. The molecule has 0 saturated heterocycles. The third-order valence-corrected chi connectivity index (χ3v) is 2.57. The SMILES string of the molecule is COCCNC(=O)C(C)Oc1ccc(C#N)cc1OC. The van der Waals surface area contributed by atoms with Crippen LogP contribution in [-0.2, 0) is 9.53 Å². The molecular formula is C14H18N2O4. The number of hydrogen-bond acceptors (Lipinski definition) is 5. The van der Waals surface area contributed by atoms with E-state index in [0.717, 1.165) is 0 Å². The molecule has 1 amide bonds. The maximum Gasteiger partial charge on any atom is 0.260 e. The first kappa shape index (κ1) is 15.8. The Morgan fingerprint density at radius 1 is 1.40 bits per heavy atom. The average molecular weight is 278 g/mol. The molecule has 0 radical (unpaired) electrons. The predicted molar refractivity (Wildman–Crippen MR) is 72.7 cm³/mol. The van der Waals surface area contributed by atoms with Crippen LogP contribution in [0.4, 0.5) is 0 Å². The standard InChI is InChI=1S/C14H18N2O4/c1-10(14(17)16-6-7-18-2)20-12-5-4-11(9-15)8-13(12)19-3/h4-5,8,10H,6-7H2,1-3H3,(H,16,17). The van der Waals surface area contributed by atoms with Crippen molar-refractivity contribution in [3.63, 3.8) is 0 Å². The van der Waals surface area contributed by atoms with Crippen LogP contribution >= 0.6 is 0 Å². The van der Waals surface area contributed by atoms with Crippen molar-refractivity contribution in [2.24, 2.45) is 0 Å². The molecule has 0 aliphatic carbocycles. The number of amides is 1. The van der Waals surface area contributed by atoms with Crippen LogP contribution in [0.15, 0.2) is 18.2 Å². The first-order valence-electron chi connectivity index (χ1n) is 6.13. The monoisotopic (exact) mass is 278 g/mol. The van der Waals surface area contributed by atoms with Gasteiger partial charge in [0.1, 0.15) is 0 Å². The molecule has 0 saturated carbocycles. The maximum absolute atomic E-state index is 11.8. The van der Waals surface area contributed by atoms with E-state index in [9.17, 15) is 4.79 Å². The Labute approximate surface area is 118 Å². The Bertz CT molecular complexity index is 496. The number of ether oxygens (including phenoxy) is 3. The minimum Gasteiger partial charge on any atom is -0.493 e. The molecule has 0 aromatic heterocycles. The van der Waals surface area contributed by atoms with Gasteiger partial charge in [0, 0.05) is 19.7 Å². The molecule has 0 bridgehead atoms. The first-order chi connectivity index (χ1) is 9.62. The zero-order valence-corrected chi connectivity index (χ0v) is 11.8. The van der Waals surface area contributed by atoms with Crippen LogP contribution in [0.3, 0.4) is 0 Å². The van der Waals surface area contributed by atoms with Crippen molar-refractivity contribution < 1.29 is 19.0 Å². The van der Waals surface area contributed by atoms with Gasteiger partial charge in [0.25, 0.3) is 5.91 Å². The molecule has 1 unspecified atom stereocenters. The molecule has 0 aliphatic rings. The number of nitrogens with zero attached hydrogens (tertiary/aromatic N) is 1. The molecule has 20 heavy (non-hydrogen) atoms. The molecular weight excluding hydrogens is 260 g/mol. The normalized spacial score (nSPS) is 11.3. The van der Waals surface area contributed by atoms with Crippen LogP contribution in [0.2, 0.25) is 0 Å². The third kappa shape index (κ3) is 4.44. The summed E-state index contributed by atoms with van der Waals surface area (Å²) in [5, 5.41) is 11.5. The van der Waals surface area contributed by atoms with Gasteiger partial charge in [-0.3, -0.25) is 4.79 Å². The maximum atomic E-state index is 11.8. The van der Waals surface area contributed by atoms with E-state index in [2.05, 4.69) is 5.32 Å². The second-order valence-electron chi connectivity index (χ2n) is 4.02. The lowest BCUT2D eigenvalue weighted by Crippen LogP contribution is -2.38. The van der Waals surface area contributed by atoms with E-state index >= 15 is 0 Å². The highest BCUT2D eigenvalue weighted by atomic mass is 16.5. The van der Waals surface area contributed by atoms with Crippen LogP contribution in [0.1, 0.15) is 12.5 Å². The topological polar surface area (TPSA) is 80.6 Å². The summed E-state index contributed by atoms with van der Waals surface area (Å²) in [6.45, 7) is 2.51. The van der Waals surface area contributed by atoms with Crippen LogP contribution in [-0.4, -0.2) is 39.4 Å². The molecule has 1 atom stereocenters. The van der Waals surface area contributed by atoms with Gasteiger partial charge < -0.3 is 19.5 Å². The van der Waals surface area contributed by atoms with Gasteiger partial charge in [0.15, 0.2) is 17.6 Å². The molecule has 0 spiro atoms. The van der Waals surface area contributed by atoms with Crippen molar-refractivity contribution in [2.45, 2.75) is 13.0 Å². The molecule has 0 fully saturated rings. The molecule has 1 N–H and O–H groups in total. The Morgan fingerprint density at radius 2 is 2.15 bits per heavy atom. The number of carbonyl (C=O) groups is 1. The summed E-state index contributed by atoms with van der Waals surface area (Å²) in [4.78, 5) is 11.8. The highest BCUT2D eigenvalue weighted by molar-refractivity contribution is 5.80. The van der Waals surface area contributed by atoms with Crippen molar-refractivity contribution in [1.29, 1.82) is 5.26 Å². The zero-order valence-electron chi connectivity index (χ0n) is 11.8. The van der Waals surface area contributed by atoms with Crippen LogP contribution in [0, 0.1) is 11.3 Å². The zero-order chi connectivity index (χ0) is 15.0. The molecule has 6 nitrogen and oxygen atoms in total. The van der Waals surface area contributed by atoms with E-state index in [1.807, 2.05) is 6.07 Å². The molecule has 6 heteroatoms. The number of nitriles is 1. The molecule has 1 aromatic carbocycles. The number of nitrogens with one attached hydrogen (secondary N) is 1. The summed E-state index contributed by atoms with van der Waals surface area (Å²) in [7, 11) is 3.04. The number of carbonyl (C=O) groups excluding carboxylic acids is 1. The van der Waals surface area contributed by atoms with Gasteiger partial charge in [-0.25, -0.2) is 0 Å². The van der Waals surface area contributed by atoms with E-state index < -0.39 is 6.10 Å². The summed E-state index contributed by atoms with van der Waals surface area (Å²) in [5.41, 5.74) is 0.464. The lowest BCUT2D eigenvalue weighted by atomic mass is 10.2. The number of rotatable bonds is 7. The van der Waals surface area contributed by atoms with E-state index in [1.54, 1.807) is 32.2 Å². The lowest BCUT2D eigenvalue weighted by Gasteiger charge is -2.16. The molecule has 1 aromatic rings. The fourth-order valence-electron chi connectivity index (χ4n) is 1.50. The van der Waals surface area contributed by atoms with Gasteiger partial charge in [-0.15, -0.1) is 0 Å². The van der Waals surface area contributed by atoms with Gasteiger partial charge in [0.2, 0.25) is 0 Å². The minimum atomic E-state index is -0.673. The fourth-order valence-corrected chi connectivity index (χ4v) is 1.50. The van der Waals surface area contributed by atoms with Gasteiger partial charge >= 0.3 is 0 Å². The highest BCUT2D eigenvalue weighted by Gasteiger charge is 2.16. The Hall–Kier alpha value is -2.26. The molecule has 0 heterocycles. The lowest BCUT2D eigenvalue weighted by molar-refractivity contribution is -0.127. The van der Waals surface area contributed by atoms with Crippen molar-refractivity contribution >= 4 is 5.91 Å². The fraction of sp³-hybridized carbons (Fsp3) is 0.429. The van der Waals surface area contributed by atoms with Crippen molar-refractivity contribution in [3.8, 4) is 17.6 Å². The van der Waals surface area contributed by atoms with E-state index in [4.69, 9.17) is 19.5 Å². The number of hydrogen-bond donors (Lipinski definition) is 1. The number of methoxy groups -OCH3 is 2. The van der Waals surface area contributed by atoms with Gasteiger partial charge in [-0.05, 0) is 19.1 Å². The van der Waals surface area contributed by atoms with Crippen molar-refractivity contribution in [3.05, 3.63) is 23.8 Å². The second-order valence-corrected chi connectivity index (χ2v) is 4.02. The second kappa shape index (κ2) is 8.02. The van der Waals surface area contributed by atoms with Gasteiger partial charge in [0.05, 0.1) is 25.3 Å². The Morgan fingerprint density at radius 3 is 2.75 bits per heavy atom. The molecule has 0 aliphatic heterocycles. The summed E-state index contributed by atoms with van der Waals surface area (Å²) in [5.74, 6) is 0.593. The summed E-state index contributed by atoms with van der Waals surface area (Å²) in [6, 6.07) is 6.78. The minimum absolute atomic E-state index is 0.242. The van der Waals surface area contributed by atoms with E-state index in [1.165, 1.54) is 7.11 Å². The van der Waals surface area contributed by atoms with Crippen molar-refractivity contribution in [1.82, 2.24) is 5.32 Å². The Balaban J connectivity index is 2.68. The van der Waals surface area contributed by atoms with E-state index in [0.29, 0.717) is 30.2 Å². The Kier molecular flexibility index (Phi) is 6.33. The van der Waals surface area contributed by atoms with Gasteiger partial charge in [-0.2, -0.15) is 5.26 Å². The quantitative estimate of drug-likeness (QED) is 0.755. The van der Waals surface area contributed by atoms with Crippen molar-refractivity contribution in [2.75, 3.05) is 27.4 Å². The molecule has 108 valence electrons. The predicted octanol–water partition coefficient (Wildman–Crippen LogP) is 1.10. The summed E-state index contributed by atoms with van der Waals surface area (Å²) in [6.07, 6.45) is -0.673. The summed E-state index contributed by atoms with van der Waals surface area (Å²) >= 11 is 0. The smallest absolute Gasteiger partial charge is 0.260 e. The number of benzene rings is 1. The largest absolute Gasteiger partial charge is 0.493 e. The van der Waals surface area contributed by atoms with E-state index in [-0.39, 0.29) is 5.91 Å². The summed E-state index contributed by atoms with van der Waals surface area (Å²) < 4.78 is 15.5.